The minimum absolute atomic E-state index is 0.0237. The van der Waals surface area contributed by atoms with E-state index in [4.69, 9.17) is 5.73 Å². The van der Waals surface area contributed by atoms with Crippen molar-refractivity contribution >= 4 is 27.6 Å². The minimum Gasteiger partial charge on any atom is -0.369 e. The number of halogens is 1. The summed E-state index contributed by atoms with van der Waals surface area (Å²) in [4.78, 5) is 23.5. The van der Waals surface area contributed by atoms with E-state index >= 15 is 0 Å². The molecule has 0 radical (unpaired) electrons. The summed E-state index contributed by atoms with van der Waals surface area (Å²) in [7, 11) is 0. The smallest absolute Gasteiger partial charge is 0.232 e. The highest BCUT2D eigenvalue weighted by molar-refractivity contribution is 9.09. The predicted molar refractivity (Wildman–Crippen MR) is 55.9 cm³/mol. The summed E-state index contributed by atoms with van der Waals surface area (Å²) < 4.78 is 0. The van der Waals surface area contributed by atoms with Gasteiger partial charge in [-0.15, -0.1) is 0 Å². The summed E-state index contributed by atoms with van der Waals surface area (Å²) in [5.74, 6) is -0.185. The fourth-order valence-electron chi connectivity index (χ4n) is 3.09. The van der Waals surface area contributed by atoms with Crippen molar-refractivity contribution in [1.82, 2.24) is 0 Å². The van der Waals surface area contributed by atoms with E-state index in [9.17, 15) is 9.59 Å². The Labute approximate surface area is 91.5 Å². The maximum Gasteiger partial charge on any atom is 0.232 e. The Hall–Kier alpha value is -0.380. The number of amides is 1. The van der Waals surface area contributed by atoms with E-state index in [-0.39, 0.29) is 16.5 Å². The third kappa shape index (κ3) is 0.835. The molecule has 1 amide bonds. The van der Waals surface area contributed by atoms with Crippen molar-refractivity contribution in [1.29, 1.82) is 0 Å². The van der Waals surface area contributed by atoms with Gasteiger partial charge in [0.05, 0.1) is 0 Å². The van der Waals surface area contributed by atoms with Crippen LogP contribution in [0.1, 0.15) is 26.7 Å². The molecule has 2 aliphatic carbocycles. The van der Waals surface area contributed by atoms with Crippen molar-refractivity contribution in [2.75, 3.05) is 0 Å². The van der Waals surface area contributed by atoms with Gasteiger partial charge in [-0.3, -0.25) is 9.59 Å². The van der Waals surface area contributed by atoms with Crippen LogP contribution in [0.3, 0.4) is 0 Å². The van der Waals surface area contributed by atoms with E-state index in [0.717, 1.165) is 6.42 Å². The van der Waals surface area contributed by atoms with Crippen molar-refractivity contribution in [3.8, 4) is 0 Å². The second kappa shape index (κ2) is 2.60. The highest BCUT2D eigenvalue weighted by atomic mass is 79.9. The van der Waals surface area contributed by atoms with Crippen molar-refractivity contribution < 1.29 is 9.59 Å². The number of hydrogen-bond donors (Lipinski definition) is 1. The molecule has 0 saturated heterocycles. The number of carbonyl (C=O) groups excluding carboxylic acids is 2. The van der Waals surface area contributed by atoms with Crippen LogP contribution in [0.5, 0.6) is 0 Å². The first-order valence-corrected chi connectivity index (χ1v) is 5.75. The molecule has 0 aromatic heterocycles. The van der Waals surface area contributed by atoms with Crippen molar-refractivity contribution in [2.45, 2.75) is 31.5 Å². The maximum atomic E-state index is 12.1. The number of Topliss-reactive ketones (excluding diaryl/α,β-unsaturated/α-hetero) is 1. The van der Waals surface area contributed by atoms with Gasteiger partial charge in [0.1, 0.15) is 5.41 Å². The molecular weight excluding hydrogens is 246 g/mol. The average Bonchev–Trinajstić information content (AvgIpc) is 2.47. The van der Waals surface area contributed by atoms with Gasteiger partial charge >= 0.3 is 0 Å². The minimum atomic E-state index is -0.922. The largest absolute Gasteiger partial charge is 0.369 e. The summed E-state index contributed by atoms with van der Waals surface area (Å²) in [6, 6.07) is 0. The van der Waals surface area contributed by atoms with Crippen molar-refractivity contribution in [2.24, 2.45) is 22.5 Å². The molecule has 2 saturated carbocycles. The third-order valence-electron chi connectivity index (χ3n) is 4.03. The SMILES string of the molecule is CC1(C)C(=O)C2(C(N)=O)CCC1[C@@H]2Br. The maximum absolute atomic E-state index is 12.1. The summed E-state index contributed by atoms with van der Waals surface area (Å²) in [5.41, 5.74) is 4.06. The third-order valence-corrected chi connectivity index (χ3v) is 5.45. The van der Waals surface area contributed by atoms with Crippen LogP contribution in [-0.2, 0) is 9.59 Å². The van der Waals surface area contributed by atoms with Gasteiger partial charge in [0, 0.05) is 10.2 Å². The molecule has 2 bridgehead atoms. The fraction of sp³-hybridized carbons (Fsp3) is 0.800. The van der Waals surface area contributed by atoms with Gasteiger partial charge in [0.25, 0.3) is 0 Å². The molecule has 0 aromatic carbocycles. The predicted octanol–water partition coefficient (Wildman–Crippen LogP) is 1.24. The van der Waals surface area contributed by atoms with Gasteiger partial charge in [-0.1, -0.05) is 29.8 Å². The Morgan fingerprint density at radius 2 is 2.14 bits per heavy atom. The molecule has 2 N–H and O–H groups in total. The Balaban J connectivity index is 2.55. The number of nitrogens with two attached hydrogens (primary N) is 1. The molecule has 78 valence electrons. The number of carbonyl (C=O) groups is 2. The molecular formula is C10H14BrNO2. The van der Waals surface area contributed by atoms with Crippen LogP contribution < -0.4 is 5.73 Å². The summed E-state index contributed by atoms with van der Waals surface area (Å²) in [5, 5.41) is 0. The molecule has 14 heavy (non-hydrogen) atoms. The van der Waals surface area contributed by atoms with Crippen LogP contribution >= 0.6 is 15.9 Å². The normalized spacial score (nSPS) is 44.4. The zero-order valence-electron chi connectivity index (χ0n) is 8.34. The highest BCUT2D eigenvalue weighted by Gasteiger charge is 2.69. The van der Waals surface area contributed by atoms with Gasteiger partial charge in [0.2, 0.25) is 5.91 Å². The van der Waals surface area contributed by atoms with Gasteiger partial charge in [0.15, 0.2) is 5.78 Å². The lowest BCUT2D eigenvalue weighted by Gasteiger charge is -2.31. The molecule has 3 atom stereocenters. The monoisotopic (exact) mass is 259 g/mol. The molecule has 3 nitrogen and oxygen atoms in total. The van der Waals surface area contributed by atoms with E-state index in [2.05, 4.69) is 15.9 Å². The lowest BCUT2D eigenvalue weighted by atomic mass is 9.70. The van der Waals surface area contributed by atoms with Crippen LogP contribution in [0.4, 0.5) is 0 Å². The van der Waals surface area contributed by atoms with Gasteiger partial charge in [-0.25, -0.2) is 0 Å². The molecule has 0 aromatic rings. The van der Waals surface area contributed by atoms with Gasteiger partial charge in [-0.2, -0.15) is 0 Å². The second-order valence-electron chi connectivity index (χ2n) is 4.93. The van der Waals surface area contributed by atoms with Crippen LogP contribution in [0.2, 0.25) is 0 Å². The fourth-order valence-corrected chi connectivity index (χ4v) is 4.68. The van der Waals surface area contributed by atoms with Crippen LogP contribution in [0.15, 0.2) is 0 Å². The van der Waals surface area contributed by atoms with Gasteiger partial charge in [-0.05, 0) is 18.8 Å². The number of ketones is 1. The topological polar surface area (TPSA) is 60.2 Å². The molecule has 2 fully saturated rings. The summed E-state index contributed by atoms with van der Waals surface area (Å²) >= 11 is 3.48. The van der Waals surface area contributed by atoms with Gasteiger partial charge < -0.3 is 5.73 Å². The van der Waals surface area contributed by atoms with E-state index in [1.54, 1.807) is 0 Å². The first-order valence-electron chi connectivity index (χ1n) is 4.84. The van der Waals surface area contributed by atoms with Crippen LogP contribution in [0, 0.1) is 16.7 Å². The molecule has 2 unspecified atom stereocenters. The molecule has 2 rings (SSSR count). The van der Waals surface area contributed by atoms with E-state index in [1.807, 2.05) is 13.8 Å². The zero-order chi connectivity index (χ0) is 10.7. The Morgan fingerprint density at radius 3 is 2.43 bits per heavy atom. The number of fused-ring (bicyclic) bond motifs is 2. The second-order valence-corrected chi connectivity index (χ2v) is 5.92. The Morgan fingerprint density at radius 1 is 1.57 bits per heavy atom. The zero-order valence-corrected chi connectivity index (χ0v) is 9.93. The number of rotatable bonds is 1. The Bertz CT molecular complexity index is 326. The summed E-state index contributed by atoms with van der Waals surface area (Å²) in [6.07, 6.45) is 1.53. The van der Waals surface area contributed by atoms with Crippen molar-refractivity contribution in [3.05, 3.63) is 0 Å². The first-order chi connectivity index (χ1) is 6.35. The highest BCUT2D eigenvalue weighted by Crippen LogP contribution is 2.62. The lowest BCUT2D eigenvalue weighted by Crippen LogP contribution is -2.47. The molecule has 0 aliphatic heterocycles. The van der Waals surface area contributed by atoms with E-state index < -0.39 is 16.7 Å². The van der Waals surface area contributed by atoms with Crippen molar-refractivity contribution in [3.63, 3.8) is 0 Å². The quantitative estimate of drug-likeness (QED) is 0.569. The average molecular weight is 260 g/mol. The van der Waals surface area contributed by atoms with Crippen LogP contribution in [0.25, 0.3) is 0 Å². The molecule has 4 heteroatoms. The van der Waals surface area contributed by atoms with E-state index in [1.165, 1.54) is 0 Å². The lowest BCUT2D eigenvalue weighted by molar-refractivity contribution is -0.143. The number of hydrogen-bond acceptors (Lipinski definition) is 2. The number of primary amides is 1. The first kappa shape index (κ1) is 10.1. The molecule has 0 spiro atoms. The summed E-state index contributed by atoms with van der Waals surface area (Å²) in [6.45, 7) is 3.83. The molecule has 0 heterocycles. The Kier molecular flexibility index (Phi) is 1.88. The standard InChI is InChI=1S/C10H14BrNO2/c1-9(2)5-3-4-10(6(5)11,7(9)13)8(12)14/h5-6H,3-4H2,1-2H3,(H2,12,14)/t5?,6-,10?/m0/s1. The van der Waals surface area contributed by atoms with Crippen LogP contribution in [-0.4, -0.2) is 16.5 Å². The number of alkyl halides is 1. The van der Waals surface area contributed by atoms with E-state index in [0.29, 0.717) is 6.42 Å². The molecule has 2 aliphatic rings.